The Hall–Kier alpha value is -1.49. The minimum atomic E-state index is -0.484. The quantitative estimate of drug-likeness (QED) is 0.741. The highest BCUT2D eigenvalue weighted by atomic mass is 32.2. The molecule has 128 valence electrons. The number of nitrogens with one attached hydrogen (secondary N) is 1. The van der Waals surface area contributed by atoms with Gasteiger partial charge in [-0.2, -0.15) is 0 Å². The van der Waals surface area contributed by atoms with Crippen molar-refractivity contribution < 1.29 is 9.59 Å². The van der Waals surface area contributed by atoms with Gasteiger partial charge in [0.15, 0.2) is 0 Å². The third-order valence-corrected chi connectivity index (χ3v) is 4.82. The van der Waals surface area contributed by atoms with Crippen LogP contribution in [0.2, 0.25) is 0 Å². The first-order chi connectivity index (χ1) is 10.9. The fourth-order valence-corrected chi connectivity index (χ4v) is 3.22. The first-order valence-corrected chi connectivity index (χ1v) is 9.16. The topological polar surface area (TPSA) is 49.4 Å². The van der Waals surface area contributed by atoms with E-state index in [9.17, 15) is 9.59 Å². The van der Waals surface area contributed by atoms with E-state index >= 15 is 0 Å². The second-order valence-corrected chi connectivity index (χ2v) is 6.89. The molecule has 1 aromatic carbocycles. The summed E-state index contributed by atoms with van der Waals surface area (Å²) in [6.07, 6.45) is 0. The van der Waals surface area contributed by atoms with Crippen molar-refractivity contribution in [2.24, 2.45) is 0 Å². The molecular weight excluding hydrogens is 308 g/mol. The summed E-state index contributed by atoms with van der Waals surface area (Å²) in [5, 5.41) is 2.78. The minimum Gasteiger partial charge on any atom is -0.344 e. The highest BCUT2D eigenvalue weighted by molar-refractivity contribution is 7.99. The zero-order valence-corrected chi connectivity index (χ0v) is 15.6. The maximum absolute atomic E-state index is 12.5. The number of hydrogen-bond acceptors (Lipinski definition) is 3. The summed E-state index contributed by atoms with van der Waals surface area (Å²) < 4.78 is 0. The number of amides is 2. The summed E-state index contributed by atoms with van der Waals surface area (Å²) in [6.45, 7) is 11.0. The van der Waals surface area contributed by atoms with Gasteiger partial charge in [-0.05, 0) is 37.5 Å². The van der Waals surface area contributed by atoms with E-state index in [1.54, 1.807) is 16.7 Å². The molecule has 1 unspecified atom stereocenters. The van der Waals surface area contributed by atoms with Crippen LogP contribution in [0.3, 0.4) is 0 Å². The van der Waals surface area contributed by atoms with E-state index in [4.69, 9.17) is 0 Å². The van der Waals surface area contributed by atoms with Gasteiger partial charge in [-0.3, -0.25) is 9.59 Å². The molecule has 0 spiro atoms. The third kappa shape index (κ3) is 6.26. The largest absolute Gasteiger partial charge is 0.344 e. The van der Waals surface area contributed by atoms with Gasteiger partial charge < -0.3 is 10.2 Å². The molecule has 0 aliphatic rings. The predicted octanol–water partition coefficient (Wildman–Crippen LogP) is 3.28. The van der Waals surface area contributed by atoms with Crippen molar-refractivity contribution in [3.8, 4) is 0 Å². The summed E-state index contributed by atoms with van der Waals surface area (Å²) >= 11 is 1.60. The Kier molecular flexibility index (Phi) is 8.17. The molecule has 1 aromatic rings. The first kappa shape index (κ1) is 19.6. The van der Waals surface area contributed by atoms with Gasteiger partial charge in [-0.15, -0.1) is 11.8 Å². The monoisotopic (exact) mass is 336 g/mol. The Morgan fingerprint density at radius 2 is 1.70 bits per heavy atom. The molecule has 0 radical (unpaired) electrons. The number of carbonyl (C=O) groups excluding carboxylic acids is 2. The lowest BCUT2D eigenvalue weighted by atomic mass is 10.0. The van der Waals surface area contributed by atoms with Crippen LogP contribution in [0.5, 0.6) is 0 Å². The molecule has 0 fully saturated rings. The standard InChI is InChI=1S/C18H28N2O2S/c1-6-20(7-2)18(22)17(19-14(5)21)12-23-16-10-8-15(9-11-16)13(3)4/h8-11,13,17H,6-7,12H2,1-5H3,(H,19,21). The fourth-order valence-electron chi connectivity index (χ4n) is 2.30. The van der Waals surface area contributed by atoms with E-state index in [0.29, 0.717) is 24.8 Å². The lowest BCUT2D eigenvalue weighted by Crippen LogP contribution is -2.49. The van der Waals surface area contributed by atoms with Crippen molar-refractivity contribution in [2.45, 2.75) is 51.5 Å². The summed E-state index contributed by atoms with van der Waals surface area (Å²) in [7, 11) is 0. The zero-order valence-electron chi connectivity index (χ0n) is 14.8. The van der Waals surface area contributed by atoms with Crippen molar-refractivity contribution in [3.05, 3.63) is 29.8 Å². The average Bonchev–Trinajstić information content (AvgIpc) is 2.52. The molecule has 1 atom stereocenters. The molecule has 4 nitrogen and oxygen atoms in total. The smallest absolute Gasteiger partial charge is 0.245 e. The molecule has 0 saturated heterocycles. The van der Waals surface area contributed by atoms with Crippen molar-refractivity contribution in [2.75, 3.05) is 18.8 Å². The molecule has 2 amide bonds. The number of rotatable bonds is 8. The van der Waals surface area contributed by atoms with Crippen molar-refractivity contribution in [3.63, 3.8) is 0 Å². The van der Waals surface area contributed by atoms with Crippen molar-refractivity contribution in [1.82, 2.24) is 10.2 Å². The van der Waals surface area contributed by atoms with Gasteiger partial charge in [0, 0.05) is 30.7 Å². The number of benzene rings is 1. The van der Waals surface area contributed by atoms with E-state index in [-0.39, 0.29) is 11.8 Å². The van der Waals surface area contributed by atoms with E-state index in [1.165, 1.54) is 12.5 Å². The molecule has 0 heterocycles. The molecule has 0 aromatic heterocycles. The summed E-state index contributed by atoms with van der Waals surface area (Å²) in [5.74, 6) is 0.851. The first-order valence-electron chi connectivity index (χ1n) is 8.17. The Bertz CT molecular complexity index is 510. The molecule has 0 aliphatic carbocycles. The van der Waals surface area contributed by atoms with Crippen LogP contribution in [0.15, 0.2) is 29.2 Å². The van der Waals surface area contributed by atoms with Gasteiger partial charge in [-0.25, -0.2) is 0 Å². The van der Waals surface area contributed by atoms with E-state index in [1.807, 2.05) is 13.8 Å². The molecule has 23 heavy (non-hydrogen) atoms. The molecule has 0 aliphatic heterocycles. The van der Waals surface area contributed by atoms with E-state index in [2.05, 4.69) is 43.4 Å². The van der Waals surface area contributed by atoms with E-state index < -0.39 is 6.04 Å². The molecule has 5 heteroatoms. The van der Waals surface area contributed by atoms with Gasteiger partial charge in [0.2, 0.25) is 11.8 Å². The lowest BCUT2D eigenvalue weighted by molar-refractivity contribution is -0.135. The molecular formula is C18H28N2O2S. The van der Waals surface area contributed by atoms with E-state index in [0.717, 1.165) is 4.90 Å². The zero-order chi connectivity index (χ0) is 17.4. The Morgan fingerprint density at radius 3 is 2.13 bits per heavy atom. The summed E-state index contributed by atoms with van der Waals surface area (Å²) in [4.78, 5) is 26.8. The van der Waals surface area contributed by atoms with Crippen LogP contribution in [0.1, 0.15) is 46.1 Å². The molecule has 0 saturated carbocycles. The van der Waals surface area contributed by atoms with Crippen molar-refractivity contribution >= 4 is 23.6 Å². The Morgan fingerprint density at radius 1 is 1.13 bits per heavy atom. The minimum absolute atomic E-state index is 0.0171. The van der Waals surface area contributed by atoms with Gasteiger partial charge in [0.25, 0.3) is 0 Å². The van der Waals surface area contributed by atoms with Gasteiger partial charge in [-0.1, -0.05) is 26.0 Å². The van der Waals surface area contributed by atoms with Crippen LogP contribution in [0.25, 0.3) is 0 Å². The highest BCUT2D eigenvalue weighted by Gasteiger charge is 2.23. The van der Waals surface area contributed by atoms with Gasteiger partial charge in [0.05, 0.1) is 0 Å². The Labute approximate surface area is 144 Å². The number of likely N-dealkylation sites (N-methyl/N-ethyl adjacent to an activating group) is 1. The SMILES string of the molecule is CCN(CC)C(=O)C(CSc1ccc(C(C)C)cc1)NC(C)=O. The molecule has 1 rings (SSSR count). The second kappa shape index (κ2) is 9.60. The number of hydrogen-bond donors (Lipinski definition) is 1. The predicted molar refractivity (Wildman–Crippen MR) is 96.8 cm³/mol. The molecule has 1 N–H and O–H groups in total. The third-order valence-electron chi connectivity index (χ3n) is 3.71. The lowest BCUT2D eigenvalue weighted by Gasteiger charge is -2.25. The average molecular weight is 337 g/mol. The summed E-state index contributed by atoms with van der Waals surface area (Å²) in [6, 6.07) is 7.90. The van der Waals surface area contributed by atoms with Crippen LogP contribution in [-0.4, -0.2) is 41.6 Å². The van der Waals surface area contributed by atoms with Crippen LogP contribution in [0, 0.1) is 0 Å². The molecule has 0 bridgehead atoms. The number of thioether (sulfide) groups is 1. The fraction of sp³-hybridized carbons (Fsp3) is 0.556. The highest BCUT2D eigenvalue weighted by Crippen LogP contribution is 2.22. The number of carbonyl (C=O) groups is 2. The van der Waals surface area contributed by atoms with Crippen molar-refractivity contribution in [1.29, 1.82) is 0 Å². The maximum atomic E-state index is 12.5. The Balaban J connectivity index is 2.73. The second-order valence-electron chi connectivity index (χ2n) is 5.80. The van der Waals surface area contributed by atoms with Crippen LogP contribution in [0.4, 0.5) is 0 Å². The summed E-state index contributed by atoms with van der Waals surface area (Å²) in [5.41, 5.74) is 1.30. The van der Waals surface area contributed by atoms with Crippen LogP contribution in [-0.2, 0) is 9.59 Å². The van der Waals surface area contributed by atoms with Gasteiger partial charge >= 0.3 is 0 Å². The number of nitrogens with zero attached hydrogens (tertiary/aromatic N) is 1. The van der Waals surface area contributed by atoms with Crippen LogP contribution >= 0.6 is 11.8 Å². The van der Waals surface area contributed by atoms with Crippen LogP contribution < -0.4 is 5.32 Å². The van der Waals surface area contributed by atoms with Gasteiger partial charge in [0.1, 0.15) is 6.04 Å². The normalized spacial score (nSPS) is 12.1. The maximum Gasteiger partial charge on any atom is 0.245 e.